The van der Waals surface area contributed by atoms with Gasteiger partial charge in [-0.05, 0) is 45.1 Å². The molecule has 0 aliphatic carbocycles. The van der Waals surface area contributed by atoms with Crippen LogP contribution in [0.3, 0.4) is 0 Å². The van der Waals surface area contributed by atoms with Crippen molar-refractivity contribution in [1.82, 2.24) is 15.0 Å². The Morgan fingerprint density at radius 3 is 2.57 bits per heavy atom. The zero-order chi connectivity index (χ0) is 17.0. The first-order chi connectivity index (χ1) is 11.1. The Balaban J connectivity index is 0.000000924. The fourth-order valence-corrected chi connectivity index (χ4v) is 3.33. The van der Waals surface area contributed by atoms with E-state index in [1.54, 1.807) is 0 Å². The van der Waals surface area contributed by atoms with Crippen molar-refractivity contribution in [3.8, 4) is 0 Å². The van der Waals surface area contributed by atoms with Gasteiger partial charge in [-0.25, -0.2) is 9.97 Å². The summed E-state index contributed by atoms with van der Waals surface area (Å²) in [6.45, 7) is 14.7. The van der Waals surface area contributed by atoms with Crippen LogP contribution in [0.5, 0.6) is 0 Å². The van der Waals surface area contributed by atoms with Crippen LogP contribution in [0.2, 0.25) is 0 Å². The highest BCUT2D eigenvalue weighted by atomic mass is 15.2. The molecule has 1 saturated heterocycles. The lowest BCUT2D eigenvalue weighted by Crippen LogP contribution is -2.35. The predicted molar refractivity (Wildman–Crippen MR) is 98.1 cm³/mol. The van der Waals surface area contributed by atoms with Gasteiger partial charge in [-0.2, -0.15) is 0 Å². The molecule has 2 aromatic heterocycles. The van der Waals surface area contributed by atoms with Crippen LogP contribution in [0.15, 0.2) is 6.07 Å². The normalized spacial score (nSPS) is 17.8. The fraction of sp³-hybridized carbons (Fsp3) is 0.632. The summed E-state index contributed by atoms with van der Waals surface area (Å²) in [6, 6.07) is 2.08. The van der Waals surface area contributed by atoms with E-state index in [0.717, 1.165) is 59.4 Å². The first-order valence-electron chi connectivity index (χ1n) is 8.98. The van der Waals surface area contributed by atoms with Crippen LogP contribution in [-0.2, 0) is 6.42 Å². The largest absolute Gasteiger partial charge is 0.356 e. The fourth-order valence-electron chi connectivity index (χ4n) is 3.33. The molecule has 0 N–H and O–H groups in total. The molecule has 1 unspecified atom stereocenters. The van der Waals surface area contributed by atoms with Crippen molar-refractivity contribution in [3.63, 3.8) is 0 Å². The predicted octanol–water partition coefficient (Wildman–Crippen LogP) is 4.47. The van der Waals surface area contributed by atoms with E-state index in [2.05, 4.69) is 29.8 Å². The molecule has 1 aliphatic heterocycles. The minimum absolute atomic E-state index is 0.729. The van der Waals surface area contributed by atoms with Gasteiger partial charge in [-0.3, -0.25) is 4.98 Å². The number of hydrogen-bond acceptors (Lipinski definition) is 4. The molecule has 0 amide bonds. The summed E-state index contributed by atoms with van der Waals surface area (Å²) in [5.74, 6) is 2.67. The van der Waals surface area contributed by atoms with Crippen molar-refractivity contribution in [2.75, 3.05) is 18.0 Å². The third kappa shape index (κ3) is 3.80. The van der Waals surface area contributed by atoms with Gasteiger partial charge in [0.25, 0.3) is 0 Å². The minimum atomic E-state index is 0.729. The number of pyridine rings is 1. The molecule has 0 radical (unpaired) electrons. The lowest BCUT2D eigenvalue weighted by molar-refractivity contribution is 0.445. The number of piperidine rings is 1. The Hall–Kier alpha value is -1.71. The van der Waals surface area contributed by atoms with Gasteiger partial charge in [0, 0.05) is 18.8 Å². The van der Waals surface area contributed by atoms with Crippen molar-refractivity contribution in [2.24, 2.45) is 5.92 Å². The van der Waals surface area contributed by atoms with E-state index in [1.807, 2.05) is 27.7 Å². The molecule has 1 aliphatic rings. The molecule has 2 aromatic rings. The second-order valence-electron chi connectivity index (χ2n) is 6.25. The summed E-state index contributed by atoms with van der Waals surface area (Å²) in [4.78, 5) is 16.6. The van der Waals surface area contributed by atoms with Crippen LogP contribution in [0.25, 0.3) is 10.9 Å². The van der Waals surface area contributed by atoms with Crippen LogP contribution < -0.4 is 4.90 Å². The van der Waals surface area contributed by atoms with Gasteiger partial charge < -0.3 is 4.90 Å². The lowest BCUT2D eigenvalue weighted by Gasteiger charge is -2.33. The highest BCUT2D eigenvalue weighted by molar-refractivity contribution is 5.92. The smallest absolute Gasteiger partial charge is 0.142 e. The van der Waals surface area contributed by atoms with Crippen molar-refractivity contribution in [1.29, 1.82) is 0 Å². The summed E-state index contributed by atoms with van der Waals surface area (Å²) >= 11 is 0. The number of aryl methyl sites for hydroxylation is 3. The molecule has 4 nitrogen and oxygen atoms in total. The Labute approximate surface area is 140 Å². The third-order valence-electron chi connectivity index (χ3n) is 4.27. The number of hydrogen-bond donors (Lipinski definition) is 0. The Bertz CT molecular complexity index is 661. The SMILES string of the molecule is CC.CCc1nc(C)cc2nc(C)nc(N3CCCC(C)C3)c12. The molecular weight excluding hydrogens is 284 g/mol. The van der Waals surface area contributed by atoms with Crippen molar-refractivity contribution < 1.29 is 0 Å². The molecule has 0 bridgehead atoms. The van der Waals surface area contributed by atoms with Crippen LogP contribution >= 0.6 is 0 Å². The molecular formula is C19H30N4. The van der Waals surface area contributed by atoms with Gasteiger partial charge in [-0.1, -0.05) is 27.7 Å². The van der Waals surface area contributed by atoms with Crippen molar-refractivity contribution in [3.05, 3.63) is 23.3 Å². The zero-order valence-electron chi connectivity index (χ0n) is 15.5. The van der Waals surface area contributed by atoms with E-state index in [9.17, 15) is 0 Å². The molecule has 3 rings (SSSR count). The maximum atomic E-state index is 4.77. The first kappa shape index (κ1) is 17.6. The Morgan fingerprint density at radius 2 is 1.91 bits per heavy atom. The van der Waals surface area contributed by atoms with E-state index < -0.39 is 0 Å². The number of anilines is 1. The molecule has 0 spiro atoms. The summed E-state index contributed by atoms with van der Waals surface area (Å²) in [7, 11) is 0. The molecule has 1 fully saturated rings. The lowest BCUT2D eigenvalue weighted by atomic mass is 9.99. The Kier molecular flexibility index (Phi) is 5.91. The average molecular weight is 314 g/mol. The van der Waals surface area contributed by atoms with Crippen molar-refractivity contribution >= 4 is 16.7 Å². The molecule has 0 aromatic carbocycles. The van der Waals surface area contributed by atoms with Gasteiger partial charge >= 0.3 is 0 Å². The van der Waals surface area contributed by atoms with E-state index in [4.69, 9.17) is 9.97 Å². The number of nitrogens with zero attached hydrogens (tertiary/aromatic N) is 4. The molecule has 0 saturated carbocycles. The van der Waals surface area contributed by atoms with Crippen molar-refractivity contribution in [2.45, 2.75) is 60.8 Å². The van der Waals surface area contributed by atoms with Crippen LogP contribution in [0.4, 0.5) is 5.82 Å². The zero-order valence-corrected chi connectivity index (χ0v) is 15.5. The standard InChI is InChI=1S/C17H24N4.C2H6/c1-5-14-16-15(9-12(3)18-14)19-13(4)20-17(16)21-8-6-7-11(2)10-21;1-2/h9,11H,5-8,10H2,1-4H3;1-2H3. The van der Waals surface area contributed by atoms with Gasteiger partial charge in [-0.15, -0.1) is 0 Å². The molecule has 126 valence electrons. The van der Waals surface area contributed by atoms with E-state index in [0.29, 0.717) is 0 Å². The van der Waals surface area contributed by atoms with Crippen LogP contribution in [0, 0.1) is 19.8 Å². The van der Waals surface area contributed by atoms with Gasteiger partial charge in [0.15, 0.2) is 0 Å². The summed E-state index contributed by atoms with van der Waals surface area (Å²) < 4.78 is 0. The van der Waals surface area contributed by atoms with E-state index >= 15 is 0 Å². The Morgan fingerprint density at radius 1 is 1.17 bits per heavy atom. The minimum Gasteiger partial charge on any atom is -0.356 e. The number of aromatic nitrogens is 3. The number of fused-ring (bicyclic) bond motifs is 1. The third-order valence-corrected chi connectivity index (χ3v) is 4.27. The maximum Gasteiger partial charge on any atom is 0.142 e. The first-order valence-corrected chi connectivity index (χ1v) is 8.98. The quantitative estimate of drug-likeness (QED) is 0.820. The second kappa shape index (κ2) is 7.71. The van der Waals surface area contributed by atoms with E-state index in [-0.39, 0.29) is 0 Å². The average Bonchev–Trinajstić information content (AvgIpc) is 2.54. The van der Waals surface area contributed by atoms with Gasteiger partial charge in [0.2, 0.25) is 0 Å². The topological polar surface area (TPSA) is 41.9 Å². The molecule has 3 heterocycles. The van der Waals surface area contributed by atoms with E-state index in [1.165, 1.54) is 12.8 Å². The highest BCUT2D eigenvalue weighted by Crippen LogP contribution is 2.30. The second-order valence-corrected chi connectivity index (χ2v) is 6.25. The maximum absolute atomic E-state index is 4.77. The monoisotopic (exact) mass is 314 g/mol. The molecule has 4 heteroatoms. The summed E-state index contributed by atoms with van der Waals surface area (Å²) in [5.41, 5.74) is 3.20. The van der Waals surface area contributed by atoms with Crippen LogP contribution in [0.1, 0.15) is 57.7 Å². The highest BCUT2D eigenvalue weighted by Gasteiger charge is 2.22. The molecule has 23 heavy (non-hydrogen) atoms. The van der Waals surface area contributed by atoms with Crippen LogP contribution in [-0.4, -0.2) is 28.0 Å². The molecule has 1 atom stereocenters. The van der Waals surface area contributed by atoms with Gasteiger partial charge in [0.05, 0.1) is 16.6 Å². The van der Waals surface area contributed by atoms with Gasteiger partial charge in [0.1, 0.15) is 11.6 Å². The summed E-state index contributed by atoms with van der Waals surface area (Å²) in [6.07, 6.45) is 3.48. The number of rotatable bonds is 2. The summed E-state index contributed by atoms with van der Waals surface area (Å²) in [5, 5.41) is 1.16.